The van der Waals surface area contributed by atoms with Crippen LogP contribution in [0, 0.1) is 0 Å². The summed E-state index contributed by atoms with van der Waals surface area (Å²) in [5.74, 6) is 0.450. The van der Waals surface area contributed by atoms with E-state index in [1.165, 1.54) is 13.2 Å². The lowest BCUT2D eigenvalue weighted by molar-refractivity contribution is 0.0598. The van der Waals surface area contributed by atoms with Crippen LogP contribution in [0.15, 0.2) is 65.1 Å². The van der Waals surface area contributed by atoms with Gasteiger partial charge in [0.1, 0.15) is 28.2 Å². The number of ether oxygens (including phenoxy) is 2. The molecule has 0 radical (unpaired) electrons. The van der Waals surface area contributed by atoms with Crippen LogP contribution in [0.4, 0.5) is 0 Å². The first kappa shape index (κ1) is 15.5. The Bertz CT molecular complexity index is 1100. The van der Waals surface area contributed by atoms with E-state index >= 15 is 0 Å². The Morgan fingerprint density at radius 2 is 1.76 bits per heavy atom. The van der Waals surface area contributed by atoms with E-state index in [1.807, 2.05) is 42.5 Å². The van der Waals surface area contributed by atoms with Crippen molar-refractivity contribution in [1.82, 2.24) is 0 Å². The monoisotopic (exact) mass is 352 g/mol. The van der Waals surface area contributed by atoms with Crippen molar-refractivity contribution >= 4 is 39.5 Å². The van der Waals surface area contributed by atoms with E-state index in [4.69, 9.17) is 25.5 Å². The van der Waals surface area contributed by atoms with E-state index in [1.54, 1.807) is 12.1 Å². The van der Waals surface area contributed by atoms with E-state index in [0.29, 0.717) is 22.1 Å². The molecule has 0 aliphatic rings. The highest BCUT2D eigenvalue weighted by atomic mass is 35.5. The number of hydrogen-bond donors (Lipinski definition) is 0. The number of hydrogen-bond acceptors (Lipinski definition) is 4. The summed E-state index contributed by atoms with van der Waals surface area (Å²) in [4.78, 5) is 12.0. The molecule has 0 aliphatic carbocycles. The predicted molar refractivity (Wildman–Crippen MR) is 96.6 cm³/mol. The smallest absolute Gasteiger partial charge is 0.341 e. The summed E-state index contributed by atoms with van der Waals surface area (Å²) in [6.07, 6.45) is 0. The zero-order valence-electron chi connectivity index (χ0n) is 13.3. The first-order valence-electron chi connectivity index (χ1n) is 7.63. The molecule has 0 aliphatic heterocycles. The highest BCUT2D eigenvalue weighted by molar-refractivity contribution is 6.31. The minimum atomic E-state index is -0.512. The van der Waals surface area contributed by atoms with Crippen LogP contribution in [0.25, 0.3) is 21.9 Å². The molecule has 5 heteroatoms. The van der Waals surface area contributed by atoms with Crippen molar-refractivity contribution in [3.63, 3.8) is 0 Å². The lowest BCUT2D eigenvalue weighted by atomic mass is 10.1. The van der Waals surface area contributed by atoms with Crippen molar-refractivity contribution in [2.75, 3.05) is 7.11 Å². The second-order valence-electron chi connectivity index (χ2n) is 5.46. The number of halogens is 1. The Morgan fingerprint density at radius 3 is 2.60 bits per heavy atom. The van der Waals surface area contributed by atoms with E-state index in [2.05, 4.69) is 0 Å². The van der Waals surface area contributed by atoms with E-state index in [0.717, 1.165) is 16.4 Å². The molecule has 124 valence electrons. The number of carbonyl (C=O) groups excluding carboxylic acids is 1. The minimum absolute atomic E-state index is 0.264. The van der Waals surface area contributed by atoms with Crippen molar-refractivity contribution in [2.24, 2.45) is 0 Å². The summed E-state index contributed by atoms with van der Waals surface area (Å²) in [6, 6.07) is 18.1. The summed E-state index contributed by atoms with van der Waals surface area (Å²) in [7, 11) is 1.32. The van der Waals surface area contributed by atoms with E-state index in [-0.39, 0.29) is 5.56 Å². The average Bonchev–Trinajstić information content (AvgIpc) is 3.02. The fraction of sp³-hybridized carbons (Fsp3) is 0.0500. The fourth-order valence-electron chi connectivity index (χ4n) is 2.81. The lowest BCUT2D eigenvalue weighted by Crippen LogP contribution is -2.03. The van der Waals surface area contributed by atoms with Crippen molar-refractivity contribution in [1.29, 1.82) is 0 Å². The zero-order chi connectivity index (χ0) is 17.4. The second-order valence-corrected chi connectivity index (χ2v) is 5.90. The molecule has 0 bridgehead atoms. The maximum absolute atomic E-state index is 12.0. The van der Waals surface area contributed by atoms with Gasteiger partial charge in [-0.05, 0) is 36.4 Å². The largest absolute Gasteiger partial charge is 0.465 e. The third-order valence-corrected chi connectivity index (χ3v) is 4.17. The van der Waals surface area contributed by atoms with Gasteiger partial charge in [0, 0.05) is 10.4 Å². The zero-order valence-corrected chi connectivity index (χ0v) is 14.0. The van der Waals surface area contributed by atoms with Gasteiger partial charge in [0.15, 0.2) is 0 Å². The van der Waals surface area contributed by atoms with Crippen LogP contribution in [-0.4, -0.2) is 13.1 Å². The summed E-state index contributed by atoms with van der Waals surface area (Å²) in [6.45, 7) is 0. The Kier molecular flexibility index (Phi) is 3.82. The van der Waals surface area contributed by atoms with Gasteiger partial charge in [-0.2, -0.15) is 0 Å². The highest BCUT2D eigenvalue weighted by Crippen LogP contribution is 2.38. The molecule has 25 heavy (non-hydrogen) atoms. The van der Waals surface area contributed by atoms with Crippen molar-refractivity contribution in [3.05, 3.63) is 71.2 Å². The third-order valence-electron chi connectivity index (χ3n) is 3.93. The van der Waals surface area contributed by atoms with Crippen molar-refractivity contribution < 1.29 is 18.7 Å². The Labute approximate surface area is 148 Å². The molecule has 0 N–H and O–H groups in total. The first-order chi connectivity index (χ1) is 12.2. The number of furan rings is 1. The summed E-state index contributed by atoms with van der Waals surface area (Å²) < 4.78 is 16.7. The summed E-state index contributed by atoms with van der Waals surface area (Å²) >= 11 is 6.00. The summed E-state index contributed by atoms with van der Waals surface area (Å²) in [5.41, 5.74) is 1.75. The van der Waals surface area contributed by atoms with Gasteiger partial charge in [-0.1, -0.05) is 35.9 Å². The predicted octanol–water partition coefficient (Wildman–Crippen LogP) is 5.82. The average molecular weight is 353 g/mol. The number of esters is 1. The molecular formula is C20H13ClO4. The quantitative estimate of drug-likeness (QED) is 0.436. The molecule has 0 saturated heterocycles. The van der Waals surface area contributed by atoms with Gasteiger partial charge in [0.25, 0.3) is 0 Å². The van der Waals surface area contributed by atoms with E-state index in [9.17, 15) is 4.79 Å². The Balaban J connectivity index is 1.88. The van der Waals surface area contributed by atoms with Gasteiger partial charge in [0.05, 0.1) is 12.5 Å². The lowest BCUT2D eigenvalue weighted by Gasteiger charge is -2.11. The van der Waals surface area contributed by atoms with Crippen molar-refractivity contribution in [3.8, 4) is 11.5 Å². The molecule has 0 amide bonds. The van der Waals surface area contributed by atoms with Gasteiger partial charge in [-0.15, -0.1) is 0 Å². The topological polar surface area (TPSA) is 48.7 Å². The van der Waals surface area contributed by atoms with Gasteiger partial charge in [0.2, 0.25) is 0 Å². The van der Waals surface area contributed by atoms with Gasteiger partial charge in [-0.25, -0.2) is 4.79 Å². The fourth-order valence-corrected chi connectivity index (χ4v) is 2.98. The normalized spacial score (nSPS) is 11.0. The molecule has 1 aromatic heterocycles. The molecule has 1 heterocycles. The molecule has 4 nitrogen and oxygen atoms in total. The molecule has 0 atom stereocenters. The van der Waals surface area contributed by atoms with Gasteiger partial charge >= 0.3 is 5.97 Å². The van der Waals surface area contributed by atoms with Gasteiger partial charge < -0.3 is 13.9 Å². The van der Waals surface area contributed by atoms with Crippen molar-refractivity contribution in [2.45, 2.75) is 0 Å². The highest BCUT2D eigenvalue weighted by Gasteiger charge is 2.17. The van der Waals surface area contributed by atoms with Crippen LogP contribution in [0.2, 0.25) is 5.02 Å². The molecule has 0 spiro atoms. The number of benzene rings is 3. The maximum atomic E-state index is 12.0. The Hall–Kier alpha value is -2.98. The second kappa shape index (κ2) is 6.15. The van der Waals surface area contributed by atoms with E-state index < -0.39 is 5.97 Å². The molecule has 0 fully saturated rings. The molecule has 4 aromatic rings. The number of para-hydroxylation sites is 1. The van der Waals surface area contributed by atoms with Crippen LogP contribution in [-0.2, 0) is 4.74 Å². The van der Waals surface area contributed by atoms with Crippen LogP contribution < -0.4 is 4.74 Å². The van der Waals surface area contributed by atoms with Gasteiger partial charge in [-0.3, -0.25) is 0 Å². The summed E-state index contributed by atoms with van der Waals surface area (Å²) in [5, 5.41) is 2.23. The molecule has 4 rings (SSSR count). The van der Waals surface area contributed by atoms with Crippen LogP contribution in [0.3, 0.4) is 0 Å². The number of fused-ring (bicyclic) bond motifs is 3. The Morgan fingerprint density at radius 1 is 0.960 bits per heavy atom. The van der Waals surface area contributed by atoms with Crippen LogP contribution >= 0.6 is 11.6 Å². The SMILES string of the molecule is COC(=O)c1cc(Cl)ccc1Oc1cccc2oc3ccccc3c12. The molecule has 0 saturated carbocycles. The number of carbonyl (C=O) groups is 1. The standard InChI is InChI=1S/C20H13ClO4/c1-23-20(22)14-11-12(21)9-10-16(14)25-18-8-4-7-17-19(18)13-5-2-3-6-15(13)24-17/h2-11H,1H3. The van der Waals surface area contributed by atoms with Crippen LogP contribution in [0.1, 0.15) is 10.4 Å². The molecule has 0 unspecified atom stereocenters. The minimum Gasteiger partial charge on any atom is -0.465 e. The number of methoxy groups -OCH3 is 1. The first-order valence-corrected chi connectivity index (χ1v) is 8.01. The molecular weight excluding hydrogens is 340 g/mol. The number of rotatable bonds is 3. The third kappa shape index (κ3) is 2.71. The molecule has 3 aromatic carbocycles. The van der Waals surface area contributed by atoms with Crippen LogP contribution in [0.5, 0.6) is 11.5 Å². The maximum Gasteiger partial charge on any atom is 0.341 e.